The van der Waals surface area contributed by atoms with Gasteiger partial charge < -0.3 is 4.90 Å². The second-order valence-electron chi connectivity index (χ2n) is 8.31. The summed E-state index contributed by atoms with van der Waals surface area (Å²) in [5.74, 6) is 0. The minimum atomic E-state index is 0.433. The van der Waals surface area contributed by atoms with Gasteiger partial charge in [0.15, 0.2) is 0 Å². The molecule has 2 nitrogen and oxygen atoms in total. The molecule has 0 amide bonds. The highest BCUT2D eigenvalue weighted by Gasteiger charge is 2.32. The van der Waals surface area contributed by atoms with Crippen LogP contribution in [0.15, 0.2) is 0 Å². The van der Waals surface area contributed by atoms with E-state index in [2.05, 4.69) is 51.5 Å². The summed E-state index contributed by atoms with van der Waals surface area (Å²) in [4.78, 5) is 5.25. The van der Waals surface area contributed by atoms with Gasteiger partial charge >= 0.3 is 0 Å². The average Bonchev–Trinajstić information content (AvgIpc) is 2.35. The molecular weight excluding hydrogens is 244 g/mol. The molecule has 1 unspecified atom stereocenters. The fraction of sp³-hybridized carbons (Fsp3) is 1.00. The van der Waals surface area contributed by atoms with E-state index in [4.69, 9.17) is 0 Å². The lowest BCUT2D eigenvalue weighted by atomic mass is 9.82. The summed E-state index contributed by atoms with van der Waals surface area (Å²) in [5.41, 5.74) is 0.913. The van der Waals surface area contributed by atoms with Crippen LogP contribution >= 0.6 is 0 Å². The summed E-state index contributed by atoms with van der Waals surface area (Å²) in [5, 5.41) is 0. The molecule has 1 aliphatic rings. The van der Waals surface area contributed by atoms with E-state index in [1.807, 2.05) is 0 Å². The Hall–Kier alpha value is -0.0800. The van der Waals surface area contributed by atoms with Crippen LogP contribution in [0.5, 0.6) is 0 Å². The monoisotopic (exact) mass is 282 g/mol. The average molecular weight is 283 g/mol. The van der Waals surface area contributed by atoms with Gasteiger partial charge in [0.2, 0.25) is 0 Å². The number of piperazine rings is 1. The van der Waals surface area contributed by atoms with Crippen LogP contribution in [-0.4, -0.2) is 48.6 Å². The van der Waals surface area contributed by atoms with Crippen molar-refractivity contribution in [3.05, 3.63) is 0 Å². The predicted octanol–water partition coefficient (Wildman–Crippen LogP) is 4.40. The summed E-state index contributed by atoms with van der Waals surface area (Å²) in [7, 11) is 2.25. The van der Waals surface area contributed by atoms with E-state index in [0.29, 0.717) is 11.0 Å². The normalized spacial score (nSPS) is 21.9. The number of rotatable bonds is 7. The molecule has 20 heavy (non-hydrogen) atoms. The van der Waals surface area contributed by atoms with Crippen molar-refractivity contribution in [2.75, 3.05) is 33.2 Å². The van der Waals surface area contributed by atoms with E-state index in [-0.39, 0.29) is 0 Å². The molecule has 1 rings (SSSR count). The summed E-state index contributed by atoms with van der Waals surface area (Å²) in [6.07, 6.45) is 8.16. The topological polar surface area (TPSA) is 6.48 Å². The second-order valence-corrected chi connectivity index (χ2v) is 8.31. The van der Waals surface area contributed by atoms with E-state index in [0.717, 1.165) is 0 Å². The summed E-state index contributed by atoms with van der Waals surface area (Å²) < 4.78 is 0. The SMILES string of the molecule is CCCCC(C)(CCCC(C)(C)C)N1CCN(C)CC1. The molecule has 2 heteroatoms. The van der Waals surface area contributed by atoms with Crippen LogP contribution in [-0.2, 0) is 0 Å². The van der Waals surface area contributed by atoms with Crippen LogP contribution in [0.2, 0.25) is 0 Å². The molecule has 0 spiro atoms. The molecule has 1 aliphatic heterocycles. The maximum Gasteiger partial charge on any atom is 0.0182 e. The molecule has 1 fully saturated rings. The van der Waals surface area contributed by atoms with Crippen molar-refractivity contribution < 1.29 is 0 Å². The van der Waals surface area contributed by atoms with Gasteiger partial charge in [0.1, 0.15) is 0 Å². The molecule has 1 heterocycles. The van der Waals surface area contributed by atoms with Crippen molar-refractivity contribution in [1.82, 2.24) is 9.80 Å². The molecule has 1 atom stereocenters. The zero-order valence-electron chi connectivity index (χ0n) is 15.0. The Morgan fingerprint density at radius 2 is 1.35 bits per heavy atom. The minimum Gasteiger partial charge on any atom is -0.304 e. The Balaban J connectivity index is 2.55. The van der Waals surface area contributed by atoms with Crippen LogP contribution < -0.4 is 0 Å². The van der Waals surface area contributed by atoms with Crippen molar-refractivity contribution in [3.8, 4) is 0 Å². The second kappa shape index (κ2) is 7.79. The molecule has 0 aromatic carbocycles. The Kier molecular flexibility index (Phi) is 7.00. The fourth-order valence-electron chi connectivity index (χ4n) is 3.34. The largest absolute Gasteiger partial charge is 0.304 e. The van der Waals surface area contributed by atoms with E-state index in [1.54, 1.807) is 0 Å². The maximum atomic E-state index is 2.78. The zero-order chi connectivity index (χ0) is 15.2. The van der Waals surface area contributed by atoms with Gasteiger partial charge in [-0.1, -0.05) is 47.0 Å². The first-order valence-corrected chi connectivity index (χ1v) is 8.70. The van der Waals surface area contributed by atoms with Crippen LogP contribution in [0.3, 0.4) is 0 Å². The van der Waals surface area contributed by atoms with Gasteiger partial charge in [-0.25, -0.2) is 0 Å². The van der Waals surface area contributed by atoms with E-state index < -0.39 is 0 Å². The van der Waals surface area contributed by atoms with E-state index >= 15 is 0 Å². The van der Waals surface area contributed by atoms with Crippen LogP contribution in [0.4, 0.5) is 0 Å². The van der Waals surface area contributed by atoms with Crippen molar-refractivity contribution in [2.24, 2.45) is 5.41 Å². The quantitative estimate of drug-likeness (QED) is 0.683. The minimum absolute atomic E-state index is 0.433. The van der Waals surface area contributed by atoms with Gasteiger partial charge in [-0.05, 0) is 38.6 Å². The highest BCUT2D eigenvalue weighted by Crippen LogP contribution is 2.32. The van der Waals surface area contributed by atoms with Gasteiger partial charge in [-0.3, -0.25) is 4.90 Å². The molecule has 0 bridgehead atoms. The molecule has 0 saturated carbocycles. The first-order valence-electron chi connectivity index (χ1n) is 8.70. The number of nitrogens with zero attached hydrogens (tertiary/aromatic N) is 2. The zero-order valence-corrected chi connectivity index (χ0v) is 15.0. The molecular formula is C18H38N2. The Labute approximate surface area is 127 Å². The first kappa shape index (κ1) is 18.0. The molecule has 0 aromatic rings. The number of unbranched alkanes of at least 4 members (excludes halogenated alkanes) is 1. The van der Waals surface area contributed by atoms with Crippen molar-refractivity contribution in [1.29, 1.82) is 0 Å². The molecule has 0 N–H and O–H groups in total. The molecule has 120 valence electrons. The van der Waals surface area contributed by atoms with Crippen molar-refractivity contribution >= 4 is 0 Å². The van der Waals surface area contributed by atoms with Gasteiger partial charge in [-0.15, -0.1) is 0 Å². The predicted molar refractivity (Wildman–Crippen MR) is 90.3 cm³/mol. The summed E-state index contributed by atoms with van der Waals surface area (Å²) in [6, 6.07) is 0. The molecule has 1 saturated heterocycles. The van der Waals surface area contributed by atoms with Crippen molar-refractivity contribution in [2.45, 2.75) is 78.7 Å². The number of hydrogen-bond donors (Lipinski definition) is 0. The highest BCUT2D eigenvalue weighted by molar-refractivity contribution is 4.89. The lowest BCUT2D eigenvalue weighted by Gasteiger charge is -2.46. The van der Waals surface area contributed by atoms with Crippen molar-refractivity contribution in [3.63, 3.8) is 0 Å². The highest BCUT2D eigenvalue weighted by atomic mass is 15.3. The van der Waals surface area contributed by atoms with Crippen LogP contribution in [0.25, 0.3) is 0 Å². The number of likely N-dealkylation sites (N-methyl/N-ethyl adjacent to an activating group) is 1. The van der Waals surface area contributed by atoms with Crippen LogP contribution in [0, 0.1) is 5.41 Å². The third kappa shape index (κ3) is 6.13. The molecule has 0 aliphatic carbocycles. The lowest BCUT2D eigenvalue weighted by Crippen LogP contribution is -2.55. The van der Waals surface area contributed by atoms with Gasteiger partial charge in [0.05, 0.1) is 0 Å². The standard InChI is InChI=1S/C18H38N2/c1-7-8-11-18(5,12-9-10-17(2,3)4)20-15-13-19(6)14-16-20/h7-16H2,1-6H3. The lowest BCUT2D eigenvalue weighted by molar-refractivity contribution is 0.0345. The van der Waals surface area contributed by atoms with Gasteiger partial charge in [-0.2, -0.15) is 0 Å². The van der Waals surface area contributed by atoms with Gasteiger partial charge in [0.25, 0.3) is 0 Å². The Bertz CT molecular complexity index is 261. The summed E-state index contributed by atoms with van der Waals surface area (Å²) >= 11 is 0. The Morgan fingerprint density at radius 1 is 0.800 bits per heavy atom. The summed E-state index contributed by atoms with van der Waals surface area (Å²) in [6.45, 7) is 16.9. The maximum absolute atomic E-state index is 2.78. The smallest absolute Gasteiger partial charge is 0.0182 e. The number of hydrogen-bond acceptors (Lipinski definition) is 2. The van der Waals surface area contributed by atoms with Crippen LogP contribution in [0.1, 0.15) is 73.1 Å². The third-order valence-corrected chi connectivity index (χ3v) is 4.98. The van der Waals surface area contributed by atoms with E-state index in [1.165, 1.54) is 64.7 Å². The first-order chi connectivity index (χ1) is 9.27. The van der Waals surface area contributed by atoms with E-state index in [9.17, 15) is 0 Å². The fourth-order valence-corrected chi connectivity index (χ4v) is 3.34. The third-order valence-electron chi connectivity index (χ3n) is 4.98. The Morgan fingerprint density at radius 3 is 1.85 bits per heavy atom. The molecule has 0 aromatic heterocycles. The molecule has 0 radical (unpaired) electrons. The van der Waals surface area contributed by atoms with Gasteiger partial charge in [0, 0.05) is 31.7 Å².